The molecule has 0 amide bonds. The van der Waals surface area contributed by atoms with Crippen LogP contribution >= 0.6 is 0 Å². The van der Waals surface area contributed by atoms with Gasteiger partial charge in [-0.2, -0.15) is 5.10 Å². The lowest BCUT2D eigenvalue weighted by Crippen LogP contribution is -2.30. The molecule has 0 saturated carbocycles. The highest BCUT2D eigenvalue weighted by atomic mass is 16.3. The van der Waals surface area contributed by atoms with Crippen LogP contribution in [-0.4, -0.2) is 50.8 Å². The van der Waals surface area contributed by atoms with Crippen molar-refractivity contribution in [3.8, 4) is 0 Å². The molecule has 3 N–H and O–H groups in total. The van der Waals surface area contributed by atoms with Gasteiger partial charge in [0.2, 0.25) is 0 Å². The average Bonchev–Trinajstić information content (AvgIpc) is 2.58. The van der Waals surface area contributed by atoms with Crippen LogP contribution < -0.4 is 5.32 Å². The molecule has 1 atom stereocenters. The van der Waals surface area contributed by atoms with Crippen molar-refractivity contribution in [2.45, 2.75) is 12.5 Å². The van der Waals surface area contributed by atoms with Gasteiger partial charge in [0.25, 0.3) is 0 Å². The summed E-state index contributed by atoms with van der Waals surface area (Å²) in [5, 5.41) is 24.6. The number of hydrogen-bond acceptors (Lipinski definition) is 5. The molecule has 0 aliphatic carbocycles. The van der Waals surface area contributed by atoms with E-state index in [0.29, 0.717) is 13.1 Å². The fourth-order valence-corrected chi connectivity index (χ4v) is 1.03. The highest BCUT2D eigenvalue weighted by Gasteiger charge is 2.01. The van der Waals surface area contributed by atoms with E-state index in [9.17, 15) is 0 Å². The fraction of sp³-hybridized carbons (Fsp3) is 0.750. The van der Waals surface area contributed by atoms with Gasteiger partial charge in [0, 0.05) is 26.6 Å². The number of aryl methyl sites for hydroxylation is 1. The first-order valence-corrected chi connectivity index (χ1v) is 4.56. The topological polar surface area (TPSA) is 83.2 Å². The van der Waals surface area contributed by atoms with Crippen molar-refractivity contribution in [3.05, 3.63) is 12.2 Å². The van der Waals surface area contributed by atoms with Gasteiger partial charge in [0.15, 0.2) is 5.82 Å². The molecular weight excluding hydrogens is 184 g/mol. The van der Waals surface area contributed by atoms with Gasteiger partial charge in [0.1, 0.15) is 6.33 Å². The van der Waals surface area contributed by atoms with Gasteiger partial charge in [-0.05, 0) is 0 Å². The maximum Gasteiger partial charge on any atom is 0.151 e. The Bertz CT molecular complexity index is 264. The molecule has 0 aliphatic rings. The summed E-state index contributed by atoms with van der Waals surface area (Å²) >= 11 is 0. The van der Waals surface area contributed by atoms with Crippen LogP contribution in [0.1, 0.15) is 5.82 Å². The van der Waals surface area contributed by atoms with E-state index in [1.54, 1.807) is 11.0 Å². The molecular formula is C8H16N4O2. The number of aliphatic hydroxyl groups is 2. The van der Waals surface area contributed by atoms with Crippen LogP contribution in [0.4, 0.5) is 0 Å². The zero-order valence-corrected chi connectivity index (χ0v) is 8.22. The van der Waals surface area contributed by atoms with Crippen molar-refractivity contribution >= 4 is 0 Å². The van der Waals surface area contributed by atoms with Crippen LogP contribution in [0.25, 0.3) is 0 Å². The van der Waals surface area contributed by atoms with Crippen LogP contribution in [0, 0.1) is 0 Å². The summed E-state index contributed by atoms with van der Waals surface area (Å²) < 4.78 is 1.65. The van der Waals surface area contributed by atoms with Crippen molar-refractivity contribution in [1.29, 1.82) is 0 Å². The Morgan fingerprint density at radius 1 is 1.64 bits per heavy atom. The lowest BCUT2D eigenvalue weighted by atomic mass is 10.3. The molecule has 1 unspecified atom stereocenters. The Labute approximate surface area is 82.6 Å². The van der Waals surface area contributed by atoms with E-state index >= 15 is 0 Å². The SMILES string of the molecule is Cn1cnc(CCNCC(O)CO)n1. The molecule has 1 aromatic rings. The van der Waals surface area contributed by atoms with Crippen LogP contribution in [0.3, 0.4) is 0 Å². The molecule has 1 heterocycles. The van der Waals surface area contributed by atoms with E-state index in [1.165, 1.54) is 0 Å². The predicted octanol–water partition coefficient (Wildman–Crippen LogP) is -1.70. The quantitative estimate of drug-likeness (QED) is 0.477. The molecule has 6 heteroatoms. The molecule has 0 aliphatic heterocycles. The third kappa shape index (κ3) is 3.82. The summed E-state index contributed by atoms with van der Waals surface area (Å²) in [4.78, 5) is 4.05. The van der Waals surface area contributed by atoms with E-state index in [1.807, 2.05) is 7.05 Å². The monoisotopic (exact) mass is 200 g/mol. The first-order valence-electron chi connectivity index (χ1n) is 4.56. The summed E-state index contributed by atoms with van der Waals surface area (Å²) in [6.45, 7) is 0.874. The van der Waals surface area contributed by atoms with Crippen molar-refractivity contribution in [2.24, 2.45) is 7.05 Å². The third-order valence-corrected chi connectivity index (χ3v) is 1.76. The first kappa shape index (κ1) is 11.1. The fourth-order valence-electron chi connectivity index (χ4n) is 1.03. The molecule has 1 aromatic heterocycles. The molecule has 0 spiro atoms. The predicted molar refractivity (Wildman–Crippen MR) is 50.7 cm³/mol. The van der Waals surface area contributed by atoms with Crippen molar-refractivity contribution in [1.82, 2.24) is 20.1 Å². The van der Waals surface area contributed by atoms with Crippen LogP contribution in [0.2, 0.25) is 0 Å². The Balaban J connectivity index is 2.10. The van der Waals surface area contributed by atoms with Gasteiger partial charge < -0.3 is 15.5 Å². The standard InChI is InChI=1S/C8H16N4O2/c1-12-6-10-8(11-12)2-3-9-4-7(14)5-13/h6-7,9,13-14H,2-5H2,1H3. The second-order valence-corrected chi connectivity index (χ2v) is 3.12. The smallest absolute Gasteiger partial charge is 0.151 e. The van der Waals surface area contributed by atoms with E-state index < -0.39 is 6.10 Å². The Morgan fingerprint density at radius 2 is 2.43 bits per heavy atom. The number of aromatic nitrogens is 3. The molecule has 14 heavy (non-hydrogen) atoms. The van der Waals surface area contributed by atoms with Gasteiger partial charge in [-0.1, -0.05) is 0 Å². The van der Waals surface area contributed by atoms with Crippen LogP contribution in [0.5, 0.6) is 0 Å². The largest absolute Gasteiger partial charge is 0.394 e. The van der Waals surface area contributed by atoms with Crippen molar-refractivity contribution in [3.63, 3.8) is 0 Å². The molecule has 0 fully saturated rings. The van der Waals surface area contributed by atoms with Crippen LogP contribution in [0.15, 0.2) is 6.33 Å². The minimum atomic E-state index is -0.688. The van der Waals surface area contributed by atoms with Gasteiger partial charge in [-0.15, -0.1) is 0 Å². The summed E-state index contributed by atoms with van der Waals surface area (Å²) in [6, 6.07) is 0. The van der Waals surface area contributed by atoms with Gasteiger partial charge in [-0.3, -0.25) is 4.68 Å². The van der Waals surface area contributed by atoms with E-state index in [4.69, 9.17) is 10.2 Å². The zero-order chi connectivity index (χ0) is 10.4. The number of nitrogens with one attached hydrogen (secondary N) is 1. The molecule has 0 bridgehead atoms. The maximum absolute atomic E-state index is 9.01. The second-order valence-electron chi connectivity index (χ2n) is 3.12. The Kier molecular flexibility index (Phi) is 4.51. The Hall–Kier alpha value is -0.980. The average molecular weight is 200 g/mol. The molecule has 80 valence electrons. The molecule has 0 aromatic carbocycles. The number of aliphatic hydroxyl groups excluding tert-OH is 2. The van der Waals surface area contributed by atoms with Crippen molar-refractivity contribution in [2.75, 3.05) is 19.7 Å². The van der Waals surface area contributed by atoms with Gasteiger partial charge in [-0.25, -0.2) is 4.98 Å². The summed E-state index contributed by atoms with van der Waals surface area (Å²) in [5.74, 6) is 0.776. The van der Waals surface area contributed by atoms with E-state index in [2.05, 4.69) is 15.4 Å². The van der Waals surface area contributed by atoms with Crippen molar-refractivity contribution < 1.29 is 10.2 Å². The molecule has 6 nitrogen and oxygen atoms in total. The number of rotatable bonds is 6. The second kappa shape index (κ2) is 5.69. The molecule has 1 rings (SSSR count). The van der Waals surface area contributed by atoms with E-state index in [0.717, 1.165) is 12.2 Å². The maximum atomic E-state index is 9.01. The summed E-state index contributed by atoms with van der Waals surface area (Å²) in [5.41, 5.74) is 0. The zero-order valence-electron chi connectivity index (χ0n) is 8.22. The highest BCUT2D eigenvalue weighted by Crippen LogP contribution is 1.88. The third-order valence-electron chi connectivity index (χ3n) is 1.76. The highest BCUT2D eigenvalue weighted by molar-refractivity contribution is 4.81. The number of nitrogens with zero attached hydrogens (tertiary/aromatic N) is 3. The normalized spacial score (nSPS) is 13.1. The van der Waals surface area contributed by atoms with Gasteiger partial charge >= 0.3 is 0 Å². The minimum Gasteiger partial charge on any atom is -0.394 e. The summed E-state index contributed by atoms with van der Waals surface area (Å²) in [7, 11) is 1.82. The Morgan fingerprint density at radius 3 is 3.00 bits per heavy atom. The van der Waals surface area contributed by atoms with Crippen LogP contribution in [-0.2, 0) is 13.5 Å². The summed E-state index contributed by atoms with van der Waals surface area (Å²) in [6.07, 6.45) is 1.68. The van der Waals surface area contributed by atoms with Gasteiger partial charge in [0.05, 0.1) is 12.7 Å². The van der Waals surface area contributed by atoms with E-state index in [-0.39, 0.29) is 6.61 Å². The lowest BCUT2D eigenvalue weighted by Gasteiger charge is -2.07. The minimum absolute atomic E-state index is 0.213. The number of hydrogen-bond donors (Lipinski definition) is 3. The lowest BCUT2D eigenvalue weighted by molar-refractivity contribution is 0.0947. The molecule has 0 saturated heterocycles. The molecule has 0 radical (unpaired) electrons. The first-order chi connectivity index (χ1) is 6.72.